The number of aliphatic hydroxyl groups excluding tert-OH is 1. The number of carbonyl (C=O) groups is 2. The lowest BCUT2D eigenvalue weighted by atomic mass is 9.90. The first kappa shape index (κ1) is 49.6. The van der Waals surface area contributed by atoms with Crippen LogP contribution in [-0.4, -0.2) is 113 Å². The highest BCUT2D eigenvalue weighted by Crippen LogP contribution is 2.37. The predicted molar refractivity (Wildman–Crippen MR) is 267 cm³/mol. The number of hydrogen-bond acceptors (Lipinski definition) is 16. The van der Waals surface area contributed by atoms with Crippen molar-refractivity contribution in [3.63, 3.8) is 0 Å². The van der Waals surface area contributed by atoms with Crippen molar-refractivity contribution in [2.75, 3.05) is 58.6 Å². The average Bonchev–Trinajstić information content (AvgIpc) is 4.18. The van der Waals surface area contributed by atoms with Crippen LogP contribution in [0.1, 0.15) is 55.7 Å². The highest BCUT2D eigenvalue weighted by Gasteiger charge is 2.48. The Hall–Kier alpha value is -7.79. The maximum absolute atomic E-state index is 14.3. The highest BCUT2D eigenvalue weighted by atomic mass is 32.1. The van der Waals surface area contributed by atoms with Gasteiger partial charge in [0.25, 0.3) is 11.8 Å². The highest BCUT2D eigenvalue weighted by molar-refractivity contribution is 7.13. The van der Waals surface area contributed by atoms with Crippen molar-refractivity contribution in [1.82, 2.24) is 30.3 Å². The number of rotatable bonds is 19. The summed E-state index contributed by atoms with van der Waals surface area (Å²) in [5.74, 6) is 14.4. The van der Waals surface area contributed by atoms with Gasteiger partial charge in [0.2, 0.25) is 5.91 Å². The lowest BCUT2D eigenvalue weighted by Crippen LogP contribution is -2.51. The number of amides is 2. The lowest BCUT2D eigenvalue weighted by Gasteiger charge is -2.31. The van der Waals surface area contributed by atoms with Crippen LogP contribution >= 0.6 is 11.3 Å². The van der Waals surface area contributed by atoms with Crippen LogP contribution in [0.15, 0.2) is 88.1 Å². The summed E-state index contributed by atoms with van der Waals surface area (Å²) in [5, 5.41) is 22.2. The van der Waals surface area contributed by atoms with E-state index in [1.807, 2.05) is 75.4 Å². The van der Waals surface area contributed by atoms with Crippen molar-refractivity contribution in [3.8, 4) is 63.8 Å². The molecule has 0 radical (unpaired) electrons. The van der Waals surface area contributed by atoms with Crippen LogP contribution in [0.25, 0.3) is 21.3 Å². The fraction of sp³-hybridized carbons (Fsp3) is 0.340. The lowest BCUT2D eigenvalue weighted by molar-refractivity contribution is -0.134. The van der Waals surface area contributed by atoms with E-state index in [1.165, 1.54) is 6.33 Å². The topological polar surface area (TPSA) is 205 Å². The van der Waals surface area contributed by atoms with Crippen molar-refractivity contribution in [3.05, 3.63) is 101 Å². The van der Waals surface area contributed by atoms with Gasteiger partial charge in [-0.25, -0.2) is 15.0 Å². The van der Waals surface area contributed by atoms with Gasteiger partial charge in [0.1, 0.15) is 49.3 Å². The molecule has 0 spiro atoms. The first-order chi connectivity index (χ1) is 34.4. The second-order valence-electron chi connectivity index (χ2n) is 17.1. The third kappa shape index (κ3) is 11.6. The van der Waals surface area contributed by atoms with E-state index >= 15 is 0 Å². The normalized spacial score (nSPS) is 17.6. The molecule has 0 saturated carbocycles. The van der Waals surface area contributed by atoms with Crippen LogP contribution in [0.2, 0.25) is 0 Å². The Labute approximate surface area is 415 Å². The van der Waals surface area contributed by atoms with Crippen LogP contribution in [-0.2, 0) is 24.6 Å². The second-order valence-corrected chi connectivity index (χ2v) is 18.0. The van der Waals surface area contributed by atoms with Gasteiger partial charge in [-0.2, -0.15) is 4.99 Å². The minimum atomic E-state index is -1.16. The molecule has 2 aliphatic rings. The smallest absolute Gasteiger partial charge is 0.277 e. The number of nitrogens with one attached hydrogen (secondary N) is 2. The zero-order chi connectivity index (χ0) is 49.9. The Balaban J connectivity index is 0.818. The predicted octanol–water partition coefficient (Wildman–Crippen LogP) is 6.43. The van der Waals surface area contributed by atoms with E-state index in [-0.39, 0.29) is 63.0 Å². The summed E-state index contributed by atoms with van der Waals surface area (Å²) in [6.45, 7) is 8.79. The van der Waals surface area contributed by atoms with E-state index in [0.29, 0.717) is 53.0 Å². The third-order valence-corrected chi connectivity index (χ3v) is 12.8. The largest absolute Gasteiger partial charge is 0.487 e. The Morgan fingerprint density at radius 2 is 1.77 bits per heavy atom. The summed E-state index contributed by atoms with van der Waals surface area (Å²) >= 11 is 1.55. The fourth-order valence-electron chi connectivity index (χ4n) is 8.22. The molecule has 71 heavy (non-hydrogen) atoms. The molecule has 5 heterocycles. The molecule has 2 amide bonds. The van der Waals surface area contributed by atoms with Crippen LogP contribution in [0.4, 0.5) is 11.5 Å². The molecule has 6 aromatic rings. The number of aliphatic hydroxyl groups is 1. The maximum Gasteiger partial charge on any atom is 0.277 e. The number of ether oxygens (including phenoxy) is 5. The number of aromatic nitrogens is 4. The molecule has 0 aliphatic carbocycles. The molecular weight excluding hydrogens is 925 g/mol. The monoisotopic (exact) mass is 976 g/mol. The SMILES string of the molecule is C#Cc1cccc(Nc2ncnc3cc(OCCOC)c(OCCOCC#CC#CCOc4cc(C(C(=O)N5C[C@H](O)C[C@@H]5C5=NC(=O)[C@](C)(c6ccc(-c7scnc7C)cc6)N5)C(C)C)on4)cc23)c1. The summed E-state index contributed by atoms with van der Waals surface area (Å²) in [6.07, 6.45) is 6.46. The molecule has 3 N–H and O–H groups in total. The summed E-state index contributed by atoms with van der Waals surface area (Å²) in [6, 6.07) is 19.7. The molecule has 4 atom stereocenters. The minimum Gasteiger partial charge on any atom is -0.487 e. The summed E-state index contributed by atoms with van der Waals surface area (Å²) in [5.41, 5.74) is 5.48. The van der Waals surface area contributed by atoms with E-state index < -0.39 is 23.6 Å². The first-order valence-electron chi connectivity index (χ1n) is 22.9. The van der Waals surface area contributed by atoms with Gasteiger partial charge < -0.3 is 48.8 Å². The zero-order valence-electron chi connectivity index (χ0n) is 39.9. The molecule has 1 unspecified atom stereocenters. The van der Waals surface area contributed by atoms with E-state index in [9.17, 15) is 14.7 Å². The number of methoxy groups -OCH3 is 1. The number of fused-ring (bicyclic) bond motifs is 1. The van der Waals surface area contributed by atoms with E-state index in [1.54, 1.807) is 47.9 Å². The van der Waals surface area contributed by atoms with Crippen LogP contribution in [0, 0.1) is 48.9 Å². The molecule has 1 fully saturated rings. The second kappa shape index (κ2) is 22.8. The molecule has 17 nitrogen and oxygen atoms in total. The Kier molecular flexibility index (Phi) is 15.9. The standard InChI is InChI=1S/C53H52N8O9S/c1-7-35-13-12-14-38(25-35)57-49-40-27-43(44(67-23-21-65-6)28-41(40)54-31-55-49)68-24-22-66-19-10-8-9-11-20-69-46-29-45(70-60-46)47(33(2)3)51(63)61-30-39(62)26-42(61)50-58-52(64)53(5,59-50)37-17-15-36(16-18-37)48-34(4)56-32-71-48/h1,12-18,25,27-29,31-33,39,42,47,62H,19-24,26,30H2,2-6H3,(H,54,55,57)(H,58,59,64)/t39-,42-,47?,53+/m1/s1. The number of amidine groups is 1. The fourth-order valence-corrected chi connectivity index (χ4v) is 9.03. The number of thiazole rings is 1. The molecule has 2 aliphatic heterocycles. The van der Waals surface area contributed by atoms with E-state index in [4.69, 9.17) is 34.6 Å². The van der Waals surface area contributed by atoms with Crippen LogP contribution < -0.4 is 24.8 Å². The summed E-state index contributed by atoms with van der Waals surface area (Å²) in [7, 11) is 1.60. The van der Waals surface area contributed by atoms with Gasteiger partial charge in [0.15, 0.2) is 23.9 Å². The molecule has 8 rings (SSSR count). The number of aliphatic imine (C=N–C) groups is 1. The van der Waals surface area contributed by atoms with Gasteiger partial charge in [-0.05, 0) is 78.1 Å². The molecule has 3 aromatic carbocycles. The molecule has 1 saturated heterocycles. The number of aryl methyl sites for hydroxylation is 1. The number of anilines is 2. The quantitative estimate of drug-likeness (QED) is 0.0592. The Bertz CT molecular complexity index is 3090. The van der Waals surface area contributed by atoms with Crippen LogP contribution in [0.5, 0.6) is 17.4 Å². The van der Waals surface area contributed by atoms with Gasteiger partial charge in [0.05, 0.1) is 47.0 Å². The molecule has 18 heteroatoms. The van der Waals surface area contributed by atoms with Crippen molar-refractivity contribution in [1.29, 1.82) is 0 Å². The van der Waals surface area contributed by atoms with E-state index in [0.717, 1.165) is 32.9 Å². The molecule has 364 valence electrons. The van der Waals surface area contributed by atoms with Crippen molar-refractivity contribution in [2.24, 2.45) is 10.9 Å². The number of carbonyl (C=O) groups excluding carboxylic acids is 2. The number of hydrogen-bond donors (Lipinski definition) is 3. The number of β-amino-alcohol motifs (C(OH)–C–C–N with tert-alkyl or cyclic N) is 1. The molecular formula is C53H52N8O9S. The van der Waals surface area contributed by atoms with Crippen molar-refractivity contribution < 1.29 is 42.9 Å². The first-order valence-corrected chi connectivity index (χ1v) is 23.7. The van der Waals surface area contributed by atoms with Gasteiger partial charge in [0, 0.05) is 48.8 Å². The molecule has 0 bridgehead atoms. The number of terminal acetylenes is 1. The van der Waals surface area contributed by atoms with Crippen LogP contribution in [0.3, 0.4) is 0 Å². The van der Waals surface area contributed by atoms with Gasteiger partial charge >= 0.3 is 0 Å². The molecule has 3 aromatic heterocycles. The summed E-state index contributed by atoms with van der Waals surface area (Å²) in [4.78, 5) is 48.1. The average molecular weight is 977 g/mol. The Morgan fingerprint density at radius 1 is 1.00 bits per heavy atom. The van der Waals surface area contributed by atoms with E-state index in [2.05, 4.69) is 65.3 Å². The minimum absolute atomic E-state index is 0.0396. The number of likely N-dealkylation sites (tertiary alicyclic amines) is 1. The number of nitrogens with zero attached hydrogens (tertiary/aromatic N) is 6. The van der Waals surface area contributed by atoms with Crippen molar-refractivity contribution in [2.45, 2.75) is 57.7 Å². The maximum atomic E-state index is 14.3. The third-order valence-electron chi connectivity index (χ3n) is 11.9. The Morgan fingerprint density at radius 3 is 2.52 bits per heavy atom. The van der Waals surface area contributed by atoms with Crippen molar-refractivity contribution >= 4 is 51.4 Å². The summed E-state index contributed by atoms with van der Waals surface area (Å²) < 4.78 is 34.2. The van der Waals surface area contributed by atoms with Gasteiger partial charge in [-0.3, -0.25) is 9.59 Å². The number of benzene rings is 3. The zero-order valence-corrected chi connectivity index (χ0v) is 40.7. The van der Waals surface area contributed by atoms with Gasteiger partial charge in [-0.15, -0.1) is 17.8 Å². The van der Waals surface area contributed by atoms with Gasteiger partial charge in [-0.1, -0.05) is 56.0 Å².